The van der Waals surface area contributed by atoms with Crippen LogP contribution in [-0.2, 0) is 16.1 Å². The molecule has 1 N–H and O–H groups in total. The molecular weight excluding hydrogens is 273 g/mol. The van der Waals surface area contributed by atoms with E-state index in [0.29, 0.717) is 18.4 Å². The smallest absolute Gasteiger partial charge is 0.307 e. The Morgan fingerprint density at radius 2 is 1.95 bits per heavy atom. The zero-order valence-corrected chi connectivity index (χ0v) is 11.8. The molecule has 1 amide bonds. The molecule has 112 valence electrons. The van der Waals surface area contributed by atoms with Crippen LogP contribution in [0.4, 0.5) is 4.39 Å². The summed E-state index contributed by atoms with van der Waals surface area (Å²) in [6, 6.07) is 6.05. The molecule has 0 saturated heterocycles. The van der Waals surface area contributed by atoms with Gasteiger partial charge >= 0.3 is 5.97 Å². The van der Waals surface area contributed by atoms with Gasteiger partial charge in [0.15, 0.2) is 0 Å². The lowest BCUT2D eigenvalue weighted by atomic mass is 9.82. The molecule has 2 unspecified atom stereocenters. The molecule has 1 aliphatic carbocycles. The molecule has 0 heterocycles. The van der Waals surface area contributed by atoms with E-state index in [4.69, 9.17) is 0 Å². The predicted octanol–water partition coefficient (Wildman–Crippen LogP) is 2.45. The highest BCUT2D eigenvalue weighted by Gasteiger charge is 2.35. The number of hydrogen-bond donors (Lipinski definition) is 1. The number of rotatable bonds is 4. The van der Waals surface area contributed by atoms with Gasteiger partial charge in [-0.1, -0.05) is 24.3 Å². The summed E-state index contributed by atoms with van der Waals surface area (Å²) in [7, 11) is 1.62. The SMILES string of the molecule is CN(Cc1cccc(F)c1)C(=O)C1CC=CCC1C(=O)O. The molecule has 2 atom stereocenters. The third-order valence-electron chi connectivity index (χ3n) is 3.75. The number of carbonyl (C=O) groups excluding carboxylic acids is 1. The lowest BCUT2D eigenvalue weighted by Crippen LogP contribution is -2.39. The van der Waals surface area contributed by atoms with Gasteiger partial charge in [-0.05, 0) is 30.5 Å². The zero-order valence-electron chi connectivity index (χ0n) is 11.8. The van der Waals surface area contributed by atoms with Crippen LogP contribution in [0.25, 0.3) is 0 Å². The molecule has 0 spiro atoms. The molecule has 5 heteroatoms. The molecule has 0 saturated carbocycles. The predicted molar refractivity (Wildman–Crippen MR) is 75.9 cm³/mol. The number of allylic oxidation sites excluding steroid dienone is 2. The topological polar surface area (TPSA) is 57.6 Å². The number of nitrogens with zero attached hydrogens (tertiary/aromatic N) is 1. The fourth-order valence-electron chi connectivity index (χ4n) is 2.63. The Balaban J connectivity index is 2.07. The summed E-state index contributed by atoms with van der Waals surface area (Å²) in [6.07, 6.45) is 4.45. The Kier molecular flexibility index (Phi) is 4.73. The molecule has 0 radical (unpaired) electrons. The molecule has 0 fully saturated rings. The first-order chi connectivity index (χ1) is 9.99. The number of carboxylic acids is 1. The largest absolute Gasteiger partial charge is 0.481 e. The van der Waals surface area contributed by atoms with Crippen molar-refractivity contribution < 1.29 is 19.1 Å². The average molecular weight is 291 g/mol. The Bertz CT molecular complexity index is 570. The Morgan fingerprint density at radius 1 is 1.29 bits per heavy atom. The maximum atomic E-state index is 13.2. The molecule has 0 aliphatic heterocycles. The van der Waals surface area contributed by atoms with E-state index in [1.807, 2.05) is 6.08 Å². The molecule has 0 bridgehead atoms. The standard InChI is InChI=1S/C16H18FNO3/c1-18(10-11-5-4-6-12(17)9-11)15(19)13-7-2-3-8-14(13)16(20)21/h2-6,9,13-14H,7-8,10H2,1H3,(H,20,21). The molecule has 1 aromatic rings. The third kappa shape index (κ3) is 3.68. The minimum Gasteiger partial charge on any atom is -0.481 e. The lowest BCUT2D eigenvalue weighted by Gasteiger charge is -2.28. The van der Waals surface area contributed by atoms with Crippen LogP contribution < -0.4 is 0 Å². The average Bonchev–Trinajstić information content (AvgIpc) is 2.46. The Morgan fingerprint density at radius 3 is 2.57 bits per heavy atom. The van der Waals surface area contributed by atoms with Gasteiger partial charge in [-0.15, -0.1) is 0 Å². The van der Waals surface area contributed by atoms with Crippen molar-refractivity contribution in [1.29, 1.82) is 0 Å². The number of hydrogen-bond acceptors (Lipinski definition) is 2. The van der Waals surface area contributed by atoms with E-state index >= 15 is 0 Å². The summed E-state index contributed by atoms with van der Waals surface area (Å²) >= 11 is 0. The maximum Gasteiger partial charge on any atom is 0.307 e. The van der Waals surface area contributed by atoms with Crippen LogP contribution in [0.5, 0.6) is 0 Å². The highest BCUT2D eigenvalue weighted by Crippen LogP contribution is 2.27. The molecule has 2 rings (SSSR count). The molecule has 4 nitrogen and oxygen atoms in total. The number of halogens is 1. The lowest BCUT2D eigenvalue weighted by molar-refractivity contribution is -0.150. The summed E-state index contributed by atoms with van der Waals surface area (Å²) in [4.78, 5) is 25.1. The van der Waals surface area contributed by atoms with Gasteiger partial charge in [0.25, 0.3) is 0 Å². The van der Waals surface area contributed by atoms with Crippen molar-refractivity contribution in [2.24, 2.45) is 11.8 Å². The van der Waals surface area contributed by atoms with Crippen molar-refractivity contribution >= 4 is 11.9 Å². The third-order valence-corrected chi connectivity index (χ3v) is 3.75. The number of aliphatic carboxylic acids is 1. The van der Waals surface area contributed by atoms with Gasteiger partial charge in [0.1, 0.15) is 5.82 Å². The van der Waals surface area contributed by atoms with Gasteiger partial charge in [-0.25, -0.2) is 4.39 Å². The van der Waals surface area contributed by atoms with Crippen molar-refractivity contribution in [3.8, 4) is 0 Å². The second-order valence-electron chi connectivity index (χ2n) is 5.32. The van der Waals surface area contributed by atoms with Crippen LogP contribution in [-0.4, -0.2) is 28.9 Å². The highest BCUT2D eigenvalue weighted by atomic mass is 19.1. The Hall–Kier alpha value is -2.17. The zero-order chi connectivity index (χ0) is 15.4. The first-order valence-electron chi connectivity index (χ1n) is 6.86. The van der Waals surface area contributed by atoms with Crippen molar-refractivity contribution in [1.82, 2.24) is 4.90 Å². The Labute approximate surface area is 122 Å². The first kappa shape index (κ1) is 15.2. The fourth-order valence-corrected chi connectivity index (χ4v) is 2.63. The summed E-state index contributed by atoms with van der Waals surface area (Å²) < 4.78 is 13.2. The second-order valence-corrected chi connectivity index (χ2v) is 5.32. The minimum atomic E-state index is -0.947. The van der Waals surface area contributed by atoms with Gasteiger partial charge in [0.05, 0.1) is 11.8 Å². The van der Waals surface area contributed by atoms with Gasteiger partial charge in [0, 0.05) is 13.6 Å². The van der Waals surface area contributed by atoms with Crippen LogP contribution in [0, 0.1) is 17.7 Å². The molecule has 1 aromatic carbocycles. The summed E-state index contributed by atoms with van der Waals surface area (Å²) in [5.41, 5.74) is 0.684. The minimum absolute atomic E-state index is 0.212. The van der Waals surface area contributed by atoms with E-state index in [9.17, 15) is 19.1 Å². The fraction of sp³-hybridized carbons (Fsp3) is 0.375. The van der Waals surface area contributed by atoms with Gasteiger partial charge in [0.2, 0.25) is 5.91 Å². The van der Waals surface area contributed by atoms with Crippen molar-refractivity contribution in [3.05, 3.63) is 47.8 Å². The molecular formula is C16H18FNO3. The van der Waals surface area contributed by atoms with Crippen molar-refractivity contribution in [3.63, 3.8) is 0 Å². The number of carboxylic acid groups (broad SMARTS) is 1. The van der Waals surface area contributed by atoms with Crippen LogP contribution >= 0.6 is 0 Å². The van der Waals surface area contributed by atoms with E-state index < -0.39 is 17.8 Å². The number of amides is 1. The monoisotopic (exact) mass is 291 g/mol. The van der Waals surface area contributed by atoms with Crippen molar-refractivity contribution in [2.75, 3.05) is 7.05 Å². The van der Waals surface area contributed by atoms with E-state index in [1.165, 1.54) is 17.0 Å². The van der Waals surface area contributed by atoms with Crippen molar-refractivity contribution in [2.45, 2.75) is 19.4 Å². The van der Waals surface area contributed by atoms with Gasteiger partial charge in [-0.2, -0.15) is 0 Å². The molecule has 0 aromatic heterocycles. The quantitative estimate of drug-likeness (QED) is 0.867. The summed E-state index contributed by atoms with van der Waals surface area (Å²) in [6.45, 7) is 0.267. The van der Waals surface area contributed by atoms with E-state index in [-0.39, 0.29) is 18.3 Å². The van der Waals surface area contributed by atoms with E-state index in [2.05, 4.69) is 0 Å². The van der Waals surface area contributed by atoms with Gasteiger partial charge < -0.3 is 10.0 Å². The van der Waals surface area contributed by atoms with E-state index in [0.717, 1.165) is 0 Å². The molecule has 1 aliphatic rings. The molecule has 21 heavy (non-hydrogen) atoms. The van der Waals surface area contributed by atoms with Gasteiger partial charge in [-0.3, -0.25) is 9.59 Å². The summed E-state index contributed by atoms with van der Waals surface area (Å²) in [5, 5.41) is 9.21. The number of carbonyl (C=O) groups is 2. The van der Waals surface area contributed by atoms with Crippen LogP contribution in [0.1, 0.15) is 18.4 Å². The summed E-state index contributed by atoms with van der Waals surface area (Å²) in [5.74, 6) is -2.74. The highest BCUT2D eigenvalue weighted by molar-refractivity contribution is 5.85. The first-order valence-corrected chi connectivity index (χ1v) is 6.86. The maximum absolute atomic E-state index is 13.2. The van der Waals surface area contributed by atoms with E-state index in [1.54, 1.807) is 25.3 Å². The van der Waals surface area contributed by atoms with Crippen LogP contribution in [0.15, 0.2) is 36.4 Å². The second kappa shape index (κ2) is 6.52. The van der Waals surface area contributed by atoms with Crippen LogP contribution in [0.2, 0.25) is 0 Å². The normalized spacial score (nSPS) is 21.0. The van der Waals surface area contributed by atoms with Crippen LogP contribution in [0.3, 0.4) is 0 Å². The number of benzene rings is 1.